The van der Waals surface area contributed by atoms with E-state index >= 15 is 0 Å². The molecule has 1 fully saturated rings. The van der Waals surface area contributed by atoms with Crippen molar-refractivity contribution in [3.8, 4) is 0 Å². The zero-order chi connectivity index (χ0) is 15.4. The molecule has 0 aliphatic carbocycles. The summed E-state index contributed by atoms with van der Waals surface area (Å²) >= 11 is 0. The first kappa shape index (κ1) is 14.3. The number of piperazine rings is 1. The topological polar surface area (TPSA) is 62.3 Å². The van der Waals surface area contributed by atoms with Crippen LogP contribution in [-0.4, -0.2) is 41.3 Å². The Bertz CT molecular complexity index is 685. The molecule has 2 aromatic rings. The number of hydrogen-bond donors (Lipinski definition) is 1. The van der Waals surface area contributed by atoms with Gasteiger partial charge in [0.2, 0.25) is 5.91 Å². The van der Waals surface area contributed by atoms with Gasteiger partial charge in [0, 0.05) is 37.0 Å². The maximum absolute atomic E-state index is 12.5. The van der Waals surface area contributed by atoms with Crippen molar-refractivity contribution in [2.45, 2.75) is 6.42 Å². The van der Waals surface area contributed by atoms with E-state index in [2.05, 4.69) is 10.3 Å². The molecule has 1 aliphatic rings. The van der Waals surface area contributed by atoms with Gasteiger partial charge in [-0.1, -0.05) is 30.3 Å². The second-order valence-corrected chi connectivity index (χ2v) is 5.27. The molecule has 0 bridgehead atoms. The highest BCUT2D eigenvalue weighted by atomic mass is 16.2. The quantitative estimate of drug-likeness (QED) is 0.927. The highest BCUT2D eigenvalue weighted by Crippen LogP contribution is 2.11. The molecular weight excluding hydrogens is 278 g/mol. The van der Waals surface area contributed by atoms with E-state index in [-0.39, 0.29) is 18.4 Å². The number of rotatable bonds is 3. The van der Waals surface area contributed by atoms with E-state index < -0.39 is 0 Å². The molecule has 0 spiro atoms. The molecule has 1 aromatic carbocycles. The van der Waals surface area contributed by atoms with Crippen LogP contribution < -0.4 is 5.32 Å². The Morgan fingerprint density at radius 1 is 1.23 bits per heavy atom. The summed E-state index contributed by atoms with van der Waals surface area (Å²) < 4.78 is 0. The zero-order valence-electron chi connectivity index (χ0n) is 12.2. The fourth-order valence-corrected chi connectivity index (χ4v) is 2.51. The molecule has 2 amide bonds. The van der Waals surface area contributed by atoms with Crippen molar-refractivity contribution < 1.29 is 9.59 Å². The van der Waals surface area contributed by atoms with Crippen molar-refractivity contribution in [2.24, 2.45) is 0 Å². The monoisotopic (exact) mass is 295 g/mol. The van der Waals surface area contributed by atoms with E-state index in [0.717, 1.165) is 11.3 Å². The number of nitrogens with zero attached hydrogens (tertiary/aromatic N) is 2. The third-order valence-electron chi connectivity index (χ3n) is 3.62. The minimum Gasteiger partial charge on any atom is -0.353 e. The first-order valence-electron chi connectivity index (χ1n) is 7.27. The molecule has 0 atom stereocenters. The van der Waals surface area contributed by atoms with Crippen LogP contribution in [0.15, 0.2) is 48.7 Å². The average molecular weight is 295 g/mol. The third-order valence-corrected chi connectivity index (χ3v) is 3.62. The number of benzene rings is 1. The van der Waals surface area contributed by atoms with Gasteiger partial charge in [-0.2, -0.15) is 0 Å². The summed E-state index contributed by atoms with van der Waals surface area (Å²) in [4.78, 5) is 29.8. The lowest BCUT2D eigenvalue weighted by atomic mass is 10.1. The molecular formula is C17H17N3O2. The molecule has 22 heavy (non-hydrogen) atoms. The van der Waals surface area contributed by atoms with Crippen LogP contribution in [0, 0.1) is 0 Å². The molecule has 1 saturated heterocycles. The SMILES string of the molecule is O=C1CN(C(=O)c2ccnc(Cc3ccccc3)c2)CCN1. The summed E-state index contributed by atoms with van der Waals surface area (Å²) in [5.74, 6) is -0.232. The van der Waals surface area contributed by atoms with E-state index in [9.17, 15) is 9.59 Å². The standard InChI is InChI=1S/C17H17N3O2/c21-16-12-20(9-8-19-16)17(22)14-6-7-18-15(11-14)10-13-4-2-1-3-5-13/h1-7,11H,8-10,12H2,(H,19,21). The second kappa shape index (κ2) is 6.39. The van der Waals surface area contributed by atoms with E-state index in [4.69, 9.17) is 0 Å². The van der Waals surface area contributed by atoms with Crippen molar-refractivity contribution in [3.63, 3.8) is 0 Å². The lowest BCUT2D eigenvalue weighted by molar-refractivity contribution is -0.123. The highest BCUT2D eigenvalue weighted by molar-refractivity contribution is 5.97. The Morgan fingerprint density at radius 3 is 2.82 bits per heavy atom. The Kier molecular flexibility index (Phi) is 4.14. The minimum absolute atomic E-state index is 0.113. The predicted molar refractivity (Wildman–Crippen MR) is 82.4 cm³/mol. The molecule has 1 N–H and O–H groups in total. The van der Waals surface area contributed by atoms with Crippen LogP contribution in [0.1, 0.15) is 21.6 Å². The summed E-state index contributed by atoms with van der Waals surface area (Å²) in [5, 5.41) is 2.72. The molecule has 3 rings (SSSR count). The summed E-state index contributed by atoms with van der Waals surface area (Å²) in [5.41, 5.74) is 2.58. The van der Waals surface area contributed by atoms with Crippen molar-refractivity contribution in [2.75, 3.05) is 19.6 Å². The number of amides is 2. The summed E-state index contributed by atoms with van der Waals surface area (Å²) in [6.45, 7) is 1.17. The number of carbonyl (C=O) groups is 2. The molecule has 1 aliphatic heterocycles. The second-order valence-electron chi connectivity index (χ2n) is 5.27. The van der Waals surface area contributed by atoms with E-state index in [1.54, 1.807) is 17.2 Å². The van der Waals surface area contributed by atoms with Gasteiger partial charge in [0.1, 0.15) is 0 Å². The third kappa shape index (κ3) is 3.31. The number of aromatic nitrogens is 1. The van der Waals surface area contributed by atoms with Crippen LogP contribution in [0.25, 0.3) is 0 Å². The maximum atomic E-state index is 12.5. The molecule has 112 valence electrons. The first-order chi connectivity index (χ1) is 10.7. The maximum Gasteiger partial charge on any atom is 0.254 e. The molecule has 1 aromatic heterocycles. The lowest BCUT2D eigenvalue weighted by Gasteiger charge is -2.26. The van der Waals surface area contributed by atoms with Gasteiger partial charge in [-0.25, -0.2) is 0 Å². The van der Waals surface area contributed by atoms with Gasteiger partial charge >= 0.3 is 0 Å². The van der Waals surface area contributed by atoms with E-state index in [1.807, 2.05) is 36.4 Å². The molecule has 5 nitrogen and oxygen atoms in total. The van der Waals surface area contributed by atoms with Crippen molar-refractivity contribution in [3.05, 3.63) is 65.5 Å². The predicted octanol–water partition coefficient (Wildman–Crippen LogP) is 1.24. The van der Waals surface area contributed by atoms with E-state index in [1.165, 1.54) is 0 Å². The molecule has 0 radical (unpaired) electrons. The van der Waals surface area contributed by atoms with Crippen LogP contribution in [0.4, 0.5) is 0 Å². The van der Waals surface area contributed by atoms with Gasteiger partial charge in [-0.3, -0.25) is 14.6 Å². The van der Waals surface area contributed by atoms with Crippen LogP contribution in [0.2, 0.25) is 0 Å². The number of pyridine rings is 1. The average Bonchev–Trinajstić information content (AvgIpc) is 2.55. The van der Waals surface area contributed by atoms with Gasteiger partial charge in [0.15, 0.2) is 0 Å². The van der Waals surface area contributed by atoms with E-state index in [0.29, 0.717) is 25.1 Å². The van der Waals surface area contributed by atoms with Crippen LogP contribution >= 0.6 is 0 Å². The fourth-order valence-electron chi connectivity index (χ4n) is 2.51. The summed E-state index contributed by atoms with van der Waals surface area (Å²) in [7, 11) is 0. The largest absolute Gasteiger partial charge is 0.353 e. The number of carbonyl (C=O) groups excluding carboxylic acids is 2. The smallest absolute Gasteiger partial charge is 0.254 e. The lowest BCUT2D eigenvalue weighted by Crippen LogP contribution is -2.49. The molecule has 0 unspecified atom stereocenters. The van der Waals surface area contributed by atoms with Gasteiger partial charge in [0.05, 0.1) is 6.54 Å². The summed E-state index contributed by atoms with van der Waals surface area (Å²) in [6.07, 6.45) is 2.33. The normalized spacial score (nSPS) is 14.5. The molecule has 2 heterocycles. The fraction of sp³-hybridized carbons (Fsp3) is 0.235. The zero-order valence-corrected chi connectivity index (χ0v) is 12.2. The number of hydrogen-bond acceptors (Lipinski definition) is 3. The van der Waals surface area contributed by atoms with Gasteiger partial charge < -0.3 is 10.2 Å². The van der Waals surface area contributed by atoms with Crippen LogP contribution in [0.5, 0.6) is 0 Å². The Morgan fingerprint density at radius 2 is 2.05 bits per heavy atom. The van der Waals surface area contributed by atoms with Crippen LogP contribution in [0.3, 0.4) is 0 Å². The minimum atomic E-state index is -0.119. The highest BCUT2D eigenvalue weighted by Gasteiger charge is 2.22. The van der Waals surface area contributed by atoms with Gasteiger partial charge in [0.25, 0.3) is 5.91 Å². The Labute approximate surface area is 129 Å². The molecule has 0 saturated carbocycles. The molecule has 5 heteroatoms. The number of nitrogens with one attached hydrogen (secondary N) is 1. The first-order valence-corrected chi connectivity index (χ1v) is 7.27. The van der Waals surface area contributed by atoms with Crippen molar-refractivity contribution >= 4 is 11.8 Å². The van der Waals surface area contributed by atoms with Crippen molar-refractivity contribution in [1.82, 2.24) is 15.2 Å². The van der Waals surface area contributed by atoms with Crippen molar-refractivity contribution in [1.29, 1.82) is 0 Å². The van der Waals surface area contributed by atoms with Crippen LogP contribution in [-0.2, 0) is 11.2 Å². The Hall–Kier alpha value is -2.69. The summed E-state index contributed by atoms with van der Waals surface area (Å²) in [6, 6.07) is 13.5. The van der Waals surface area contributed by atoms with Gasteiger partial charge in [-0.05, 0) is 17.7 Å². The van der Waals surface area contributed by atoms with Gasteiger partial charge in [-0.15, -0.1) is 0 Å². The Balaban J connectivity index is 1.76.